The summed E-state index contributed by atoms with van der Waals surface area (Å²) in [4.78, 5) is 20.5. The van der Waals surface area contributed by atoms with Gasteiger partial charge in [0, 0.05) is 71.0 Å². The van der Waals surface area contributed by atoms with Gasteiger partial charge in [-0.05, 0) is 70.1 Å². The summed E-state index contributed by atoms with van der Waals surface area (Å²) in [6.45, 7) is 18.8. The number of rotatable bonds is 8. The van der Waals surface area contributed by atoms with Gasteiger partial charge < -0.3 is 14.5 Å². The molecule has 0 bridgehead atoms. The summed E-state index contributed by atoms with van der Waals surface area (Å²) in [5, 5.41) is 0. The fraction of sp³-hybridized carbons (Fsp3) is 0.960. The molecule has 0 unspecified atom stereocenters. The van der Waals surface area contributed by atoms with Crippen LogP contribution in [0.4, 0.5) is 0 Å². The van der Waals surface area contributed by atoms with Crippen molar-refractivity contribution < 1.29 is 9.53 Å². The van der Waals surface area contributed by atoms with Gasteiger partial charge in [-0.15, -0.1) is 0 Å². The lowest BCUT2D eigenvalue weighted by Crippen LogP contribution is -2.51. The Bertz CT molecular complexity index is 501. The van der Waals surface area contributed by atoms with E-state index in [4.69, 9.17) is 4.74 Å². The Balaban J connectivity index is 1.31. The maximum Gasteiger partial charge on any atom is 0.225 e. The van der Waals surface area contributed by atoms with Crippen molar-refractivity contribution in [1.82, 2.24) is 14.7 Å². The first-order valence-electron chi connectivity index (χ1n) is 12.7. The van der Waals surface area contributed by atoms with E-state index in [1.807, 2.05) is 0 Å². The Kier molecular flexibility index (Phi) is 9.46. The van der Waals surface area contributed by atoms with Gasteiger partial charge in [-0.2, -0.15) is 0 Å². The minimum atomic E-state index is 0.270. The highest BCUT2D eigenvalue weighted by Gasteiger charge is 2.32. The van der Waals surface area contributed by atoms with E-state index in [9.17, 15) is 4.79 Å². The van der Waals surface area contributed by atoms with Crippen molar-refractivity contribution in [3.05, 3.63) is 0 Å². The summed E-state index contributed by atoms with van der Waals surface area (Å²) < 4.78 is 5.84. The summed E-state index contributed by atoms with van der Waals surface area (Å²) in [7, 11) is 0. The molecule has 1 amide bonds. The molecule has 1 aliphatic carbocycles. The second kappa shape index (κ2) is 11.8. The molecule has 0 aromatic rings. The van der Waals surface area contributed by atoms with Gasteiger partial charge in [0.1, 0.15) is 0 Å². The van der Waals surface area contributed by atoms with E-state index in [1.165, 1.54) is 45.6 Å². The zero-order valence-electron chi connectivity index (χ0n) is 20.2. The molecule has 0 N–H and O–H groups in total. The fourth-order valence-electron chi connectivity index (χ4n) is 5.47. The number of piperidine rings is 1. The van der Waals surface area contributed by atoms with Crippen LogP contribution in [-0.2, 0) is 9.53 Å². The maximum atomic E-state index is 13.0. The number of likely N-dealkylation sites (tertiary alicyclic amines) is 1. The minimum Gasteiger partial charge on any atom is -0.381 e. The summed E-state index contributed by atoms with van der Waals surface area (Å²) in [6, 6.07) is 0.670. The lowest BCUT2D eigenvalue weighted by Gasteiger charge is -2.40. The number of nitrogens with zero attached hydrogens (tertiary/aromatic N) is 3. The molecule has 5 heteroatoms. The molecule has 0 aromatic heterocycles. The molecule has 174 valence electrons. The van der Waals surface area contributed by atoms with Gasteiger partial charge in [0.15, 0.2) is 0 Å². The molecule has 0 radical (unpaired) electrons. The molecule has 0 spiro atoms. The first-order chi connectivity index (χ1) is 14.4. The van der Waals surface area contributed by atoms with E-state index in [0.717, 1.165) is 57.9 Å². The lowest BCUT2D eigenvalue weighted by molar-refractivity contribution is -0.138. The molecular formula is C25H47N3O2. The van der Waals surface area contributed by atoms with Crippen molar-refractivity contribution >= 4 is 5.91 Å². The summed E-state index contributed by atoms with van der Waals surface area (Å²) in [6.07, 6.45) is 6.83. The normalized spacial score (nSPS) is 27.9. The van der Waals surface area contributed by atoms with Crippen molar-refractivity contribution in [2.75, 3.05) is 59.0 Å². The lowest BCUT2D eigenvalue weighted by atomic mass is 9.81. The van der Waals surface area contributed by atoms with Crippen LogP contribution in [0, 0.1) is 23.7 Å². The van der Waals surface area contributed by atoms with Crippen molar-refractivity contribution in [3.63, 3.8) is 0 Å². The van der Waals surface area contributed by atoms with Crippen LogP contribution in [0.5, 0.6) is 0 Å². The number of hydrogen-bond donors (Lipinski definition) is 0. The molecular weight excluding hydrogens is 374 g/mol. The highest BCUT2D eigenvalue weighted by Crippen LogP contribution is 2.31. The average molecular weight is 422 g/mol. The van der Waals surface area contributed by atoms with E-state index in [-0.39, 0.29) is 5.92 Å². The van der Waals surface area contributed by atoms with Crippen LogP contribution in [0.2, 0.25) is 0 Å². The summed E-state index contributed by atoms with van der Waals surface area (Å²) in [5.41, 5.74) is 0. The van der Waals surface area contributed by atoms with Crippen LogP contribution in [0.25, 0.3) is 0 Å². The quantitative estimate of drug-likeness (QED) is 0.598. The van der Waals surface area contributed by atoms with Crippen LogP contribution in [0.15, 0.2) is 0 Å². The summed E-state index contributed by atoms with van der Waals surface area (Å²) in [5.74, 6) is 2.76. The first-order valence-corrected chi connectivity index (χ1v) is 12.7. The van der Waals surface area contributed by atoms with E-state index in [2.05, 4.69) is 42.4 Å². The molecule has 0 aromatic carbocycles. The van der Waals surface area contributed by atoms with Gasteiger partial charge in [0.25, 0.3) is 0 Å². The highest BCUT2D eigenvalue weighted by molar-refractivity contribution is 5.79. The Morgan fingerprint density at radius 2 is 1.47 bits per heavy atom. The number of ether oxygens (including phenoxy) is 1. The predicted molar refractivity (Wildman–Crippen MR) is 124 cm³/mol. The average Bonchev–Trinajstić information content (AvgIpc) is 2.74. The smallest absolute Gasteiger partial charge is 0.225 e. The van der Waals surface area contributed by atoms with Crippen LogP contribution >= 0.6 is 0 Å². The molecule has 30 heavy (non-hydrogen) atoms. The summed E-state index contributed by atoms with van der Waals surface area (Å²) >= 11 is 0. The van der Waals surface area contributed by atoms with Crippen molar-refractivity contribution in [1.29, 1.82) is 0 Å². The number of piperazine rings is 1. The first kappa shape index (κ1) is 24.0. The van der Waals surface area contributed by atoms with E-state index >= 15 is 0 Å². The standard InChI is InChI=1S/C25H47N3O2/c1-20(2)18-30-19-23-5-7-24(8-6-23)25(29)28-11-9-22(10-12-28)17-26-13-15-27(16-14-26)21(3)4/h20-24H,5-19H2,1-4H3. The molecule has 0 atom stereocenters. The second-order valence-corrected chi connectivity index (χ2v) is 10.8. The topological polar surface area (TPSA) is 36.0 Å². The molecule has 2 aliphatic heterocycles. The van der Waals surface area contributed by atoms with Gasteiger partial charge in [0.05, 0.1) is 0 Å². The van der Waals surface area contributed by atoms with Crippen LogP contribution in [0.1, 0.15) is 66.2 Å². The largest absolute Gasteiger partial charge is 0.381 e. The molecule has 1 saturated carbocycles. The zero-order valence-corrected chi connectivity index (χ0v) is 20.2. The van der Waals surface area contributed by atoms with Crippen LogP contribution < -0.4 is 0 Å². The number of carbonyl (C=O) groups is 1. The Labute approximate surface area is 185 Å². The number of amides is 1. The maximum absolute atomic E-state index is 13.0. The van der Waals surface area contributed by atoms with Crippen LogP contribution in [0.3, 0.4) is 0 Å². The molecule has 2 saturated heterocycles. The molecule has 3 fully saturated rings. The van der Waals surface area contributed by atoms with Crippen molar-refractivity contribution in [3.8, 4) is 0 Å². The fourth-order valence-corrected chi connectivity index (χ4v) is 5.47. The number of hydrogen-bond acceptors (Lipinski definition) is 4. The van der Waals surface area contributed by atoms with Crippen molar-refractivity contribution in [2.24, 2.45) is 23.7 Å². The second-order valence-electron chi connectivity index (χ2n) is 10.8. The molecule has 2 heterocycles. The Morgan fingerprint density at radius 1 is 0.833 bits per heavy atom. The van der Waals surface area contributed by atoms with Gasteiger partial charge in [-0.3, -0.25) is 9.69 Å². The Morgan fingerprint density at radius 3 is 2.03 bits per heavy atom. The third-order valence-corrected chi connectivity index (χ3v) is 7.58. The van der Waals surface area contributed by atoms with Crippen LogP contribution in [-0.4, -0.2) is 85.7 Å². The third-order valence-electron chi connectivity index (χ3n) is 7.58. The van der Waals surface area contributed by atoms with Gasteiger partial charge >= 0.3 is 0 Å². The van der Waals surface area contributed by atoms with E-state index in [0.29, 0.717) is 23.8 Å². The van der Waals surface area contributed by atoms with E-state index in [1.54, 1.807) is 0 Å². The van der Waals surface area contributed by atoms with Gasteiger partial charge in [0.2, 0.25) is 5.91 Å². The highest BCUT2D eigenvalue weighted by atomic mass is 16.5. The SMILES string of the molecule is CC(C)COCC1CCC(C(=O)N2CCC(CN3CCN(C(C)C)CC3)CC2)CC1. The third kappa shape index (κ3) is 7.20. The Hall–Kier alpha value is -0.650. The van der Waals surface area contributed by atoms with Gasteiger partial charge in [-0.25, -0.2) is 0 Å². The molecule has 3 rings (SSSR count). The van der Waals surface area contributed by atoms with Gasteiger partial charge in [-0.1, -0.05) is 13.8 Å². The van der Waals surface area contributed by atoms with E-state index < -0.39 is 0 Å². The molecule has 3 aliphatic rings. The minimum absolute atomic E-state index is 0.270. The number of carbonyl (C=O) groups excluding carboxylic acids is 1. The van der Waals surface area contributed by atoms with Crippen molar-refractivity contribution in [2.45, 2.75) is 72.3 Å². The predicted octanol–water partition coefficient (Wildman–Crippen LogP) is 3.73. The monoisotopic (exact) mass is 421 g/mol. The zero-order chi connectivity index (χ0) is 21.5. The molecule has 5 nitrogen and oxygen atoms in total.